The van der Waals surface area contributed by atoms with Gasteiger partial charge in [-0.2, -0.15) is 0 Å². The lowest BCUT2D eigenvalue weighted by Crippen LogP contribution is -2.50. The number of carbonyl (C=O) groups is 2. The third-order valence-corrected chi connectivity index (χ3v) is 3.84. The van der Waals surface area contributed by atoms with E-state index >= 15 is 0 Å². The van der Waals surface area contributed by atoms with Crippen molar-refractivity contribution < 1.29 is 9.59 Å². The van der Waals surface area contributed by atoms with Crippen LogP contribution in [0.3, 0.4) is 0 Å². The van der Waals surface area contributed by atoms with Gasteiger partial charge in [-0.1, -0.05) is 37.3 Å². The molecule has 0 radical (unpaired) electrons. The molecule has 1 aromatic carbocycles. The summed E-state index contributed by atoms with van der Waals surface area (Å²) in [7, 11) is 1.62. The van der Waals surface area contributed by atoms with Crippen molar-refractivity contribution in [2.75, 3.05) is 26.7 Å². The summed E-state index contributed by atoms with van der Waals surface area (Å²) in [6.45, 7) is 9.97. The third-order valence-electron chi connectivity index (χ3n) is 3.84. The molecule has 5 nitrogen and oxygen atoms in total. The Morgan fingerprint density at radius 2 is 1.71 bits per heavy atom. The van der Waals surface area contributed by atoms with Crippen LogP contribution in [-0.2, 0) is 16.1 Å². The number of benzene rings is 1. The minimum absolute atomic E-state index is 0.0451. The summed E-state index contributed by atoms with van der Waals surface area (Å²) in [5.74, 6) is -0.0228. The molecule has 0 unspecified atom stereocenters. The second-order valence-corrected chi connectivity index (χ2v) is 7.02. The SMILES string of the molecule is CCCN(CC(=O)NC)CC(=O)N(Cc1ccccc1)C(C)(C)C. The molecule has 0 aliphatic carbocycles. The maximum absolute atomic E-state index is 12.9. The van der Waals surface area contributed by atoms with Crippen molar-refractivity contribution in [2.45, 2.75) is 46.2 Å². The van der Waals surface area contributed by atoms with Crippen molar-refractivity contribution in [3.8, 4) is 0 Å². The average Bonchev–Trinajstić information content (AvgIpc) is 2.52. The largest absolute Gasteiger partial charge is 0.358 e. The van der Waals surface area contributed by atoms with Crippen LogP contribution in [0.1, 0.15) is 39.7 Å². The lowest BCUT2D eigenvalue weighted by atomic mass is 10.0. The van der Waals surface area contributed by atoms with Gasteiger partial charge in [0.05, 0.1) is 13.1 Å². The number of nitrogens with zero attached hydrogens (tertiary/aromatic N) is 2. The van der Waals surface area contributed by atoms with Crippen LogP contribution in [0.4, 0.5) is 0 Å². The minimum atomic E-state index is -0.280. The Bertz CT molecular complexity index is 523. The van der Waals surface area contributed by atoms with Crippen LogP contribution in [0.2, 0.25) is 0 Å². The van der Waals surface area contributed by atoms with Gasteiger partial charge in [-0.3, -0.25) is 14.5 Å². The van der Waals surface area contributed by atoms with Crippen molar-refractivity contribution >= 4 is 11.8 Å². The van der Waals surface area contributed by atoms with Gasteiger partial charge < -0.3 is 10.2 Å². The maximum atomic E-state index is 12.9. The molecule has 1 N–H and O–H groups in total. The summed E-state index contributed by atoms with van der Waals surface area (Å²) in [4.78, 5) is 28.4. The van der Waals surface area contributed by atoms with Crippen LogP contribution in [0.25, 0.3) is 0 Å². The van der Waals surface area contributed by atoms with Crippen molar-refractivity contribution in [2.24, 2.45) is 0 Å². The summed E-state index contributed by atoms with van der Waals surface area (Å²) in [6.07, 6.45) is 0.901. The first-order valence-electron chi connectivity index (χ1n) is 8.55. The highest BCUT2D eigenvalue weighted by molar-refractivity contribution is 5.81. The van der Waals surface area contributed by atoms with Gasteiger partial charge >= 0.3 is 0 Å². The molecule has 0 aliphatic rings. The van der Waals surface area contributed by atoms with Crippen molar-refractivity contribution in [3.63, 3.8) is 0 Å². The highest BCUT2D eigenvalue weighted by atomic mass is 16.2. The Kier molecular flexibility index (Phi) is 7.92. The molecule has 0 saturated heterocycles. The highest BCUT2D eigenvalue weighted by Crippen LogP contribution is 2.18. The molecule has 1 aromatic rings. The van der Waals surface area contributed by atoms with E-state index in [1.807, 2.05) is 67.8 Å². The zero-order valence-electron chi connectivity index (χ0n) is 15.6. The number of amides is 2. The van der Waals surface area contributed by atoms with Crippen LogP contribution >= 0.6 is 0 Å². The summed E-state index contributed by atoms with van der Waals surface area (Å²) in [5, 5.41) is 2.62. The van der Waals surface area contributed by atoms with E-state index in [0.29, 0.717) is 6.54 Å². The molecule has 0 heterocycles. The van der Waals surface area contributed by atoms with Crippen LogP contribution < -0.4 is 5.32 Å². The normalized spacial score (nSPS) is 11.4. The van der Waals surface area contributed by atoms with E-state index in [9.17, 15) is 9.59 Å². The van der Waals surface area contributed by atoms with Gasteiger partial charge in [0.15, 0.2) is 0 Å². The first kappa shape index (κ1) is 20.2. The standard InChI is InChI=1S/C19H31N3O2/c1-6-12-21(14-17(23)20-5)15-18(24)22(19(2,3)4)13-16-10-8-7-9-11-16/h7-11H,6,12-15H2,1-5H3,(H,20,23). The van der Waals surface area contributed by atoms with E-state index in [2.05, 4.69) is 5.32 Å². The van der Waals surface area contributed by atoms with Gasteiger partial charge in [0.25, 0.3) is 0 Å². The number of hydrogen-bond acceptors (Lipinski definition) is 3. The fourth-order valence-electron chi connectivity index (χ4n) is 2.55. The van der Waals surface area contributed by atoms with Gasteiger partial charge in [-0.05, 0) is 39.3 Å². The minimum Gasteiger partial charge on any atom is -0.358 e. The van der Waals surface area contributed by atoms with Gasteiger partial charge in [-0.25, -0.2) is 0 Å². The average molecular weight is 333 g/mol. The molecule has 0 aliphatic heterocycles. The Morgan fingerprint density at radius 1 is 1.08 bits per heavy atom. The quantitative estimate of drug-likeness (QED) is 0.794. The number of nitrogens with one attached hydrogen (secondary N) is 1. The van der Waals surface area contributed by atoms with Gasteiger partial charge in [-0.15, -0.1) is 0 Å². The van der Waals surface area contributed by atoms with E-state index in [4.69, 9.17) is 0 Å². The van der Waals surface area contributed by atoms with Gasteiger partial charge in [0.1, 0.15) is 0 Å². The lowest BCUT2D eigenvalue weighted by molar-refractivity contribution is -0.138. The second kappa shape index (κ2) is 9.42. The Labute approximate surface area is 146 Å². The zero-order valence-corrected chi connectivity index (χ0v) is 15.6. The summed E-state index contributed by atoms with van der Waals surface area (Å²) >= 11 is 0. The molecular weight excluding hydrogens is 302 g/mol. The smallest absolute Gasteiger partial charge is 0.237 e. The summed E-state index contributed by atoms with van der Waals surface area (Å²) in [6, 6.07) is 9.99. The Hall–Kier alpha value is -1.88. The van der Waals surface area contributed by atoms with Gasteiger partial charge in [0, 0.05) is 19.1 Å². The molecule has 0 bridgehead atoms. The molecular formula is C19H31N3O2. The number of carbonyl (C=O) groups excluding carboxylic acids is 2. The first-order chi connectivity index (χ1) is 11.3. The van der Waals surface area contributed by atoms with Crippen LogP contribution in [0.15, 0.2) is 30.3 Å². The maximum Gasteiger partial charge on any atom is 0.237 e. The van der Waals surface area contributed by atoms with Crippen LogP contribution in [0.5, 0.6) is 0 Å². The molecule has 134 valence electrons. The van der Waals surface area contributed by atoms with E-state index in [1.54, 1.807) is 7.05 Å². The molecule has 0 spiro atoms. The molecule has 24 heavy (non-hydrogen) atoms. The van der Waals surface area contributed by atoms with E-state index in [1.165, 1.54) is 0 Å². The highest BCUT2D eigenvalue weighted by Gasteiger charge is 2.28. The van der Waals surface area contributed by atoms with E-state index in [-0.39, 0.29) is 30.4 Å². The van der Waals surface area contributed by atoms with Crippen LogP contribution in [0, 0.1) is 0 Å². The fraction of sp³-hybridized carbons (Fsp3) is 0.579. The second-order valence-electron chi connectivity index (χ2n) is 7.02. The van der Waals surface area contributed by atoms with Crippen LogP contribution in [-0.4, -0.2) is 53.8 Å². The zero-order chi connectivity index (χ0) is 18.2. The van der Waals surface area contributed by atoms with Crippen molar-refractivity contribution in [3.05, 3.63) is 35.9 Å². The lowest BCUT2D eigenvalue weighted by Gasteiger charge is -2.37. The predicted octanol–water partition coefficient (Wildman–Crippen LogP) is 2.27. The molecule has 0 fully saturated rings. The predicted molar refractivity (Wildman–Crippen MR) is 97.5 cm³/mol. The molecule has 0 aromatic heterocycles. The summed E-state index contributed by atoms with van der Waals surface area (Å²) < 4.78 is 0. The van der Waals surface area contributed by atoms with Gasteiger partial charge in [0.2, 0.25) is 11.8 Å². The topological polar surface area (TPSA) is 52.7 Å². The molecule has 1 rings (SSSR count). The van der Waals surface area contributed by atoms with Crippen molar-refractivity contribution in [1.29, 1.82) is 0 Å². The Balaban J connectivity index is 2.84. The monoisotopic (exact) mass is 333 g/mol. The molecule has 0 saturated carbocycles. The molecule has 2 amide bonds. The van der Waals surface area contributed by atoms with E-state index in [0.717, 1.165) is 18.5 Å². The molecule has 5 heteroatoms. The third kappa shape index (κ3) is 6.71. The molecule has 0 atom stereocenters. The van der Waals surface area contributed by atoms with Crippen molar-refractivity contribution in [1.82, 2.24) is 15.1 Å². The fourth-order valence-corrected chi connectivity index (χ4v) is 2.55. The first-order valence-corrected chi connectivity index (χ1v) is 8.55. The summed E-state index contributed by atoms with van der Waals surface area (Å²) in [5.41, 5.74) is 0.826. The number of hydrogen-bond donors (Lipinski definition) is 1. The Morgan fingerprint density at radius 3 is 2.21 bits per heavy atom. The number of likely N-dealkylation sites (N-methyl/N-ethyl adjacent to an activating group) is 1. The van der Waals surface area contributed by atoms with E-state index < -0.39 is 0 Å². The number of rotatable bonds is 8.